The Bertz CT molecular complexity index is 1170. The molecule has 2 fully saturated rings. The zero-order valence-corrected chi connectivity index (χ0v) is 25.7. The summed E-state index contributed by atoms with van der Waals surface area (Å²) in [5, 5.41) is 11.1. The van der Waals surface area contributed by atoms with E-state index in [4.69, 9.17) is 15.3 Å². The van der Waals surface area contributed by atoms with E-state index in [0.717, 1.165) is 57.2 Å². The first kappa shape index (κ1) is 30.8. The third kappa shape index (κ3) is 6.87. The van der Waals surface area contributed by atoms with Crippen LogP contribution in [0.4, 0.5) is 0 Å². The number of ether oxygens (including phenoxy) is 2. The average Bonchev–Trinajstić information content (AvgIpc) is 3.00. The van der Waals surface area contributed by atoms with Crippen LogP contribution >= 0.6 is 0 Å². The molecule has 224 valence electrons. The Balaban J connectivity index is 1.53. The maximum Gasteiger partial charge on any atom is 0.227 e. The van der Waals surface area contributed by atoms with Crippen LogP contribution in [0, 0.1) is 10.8 Å². The van der Waals surface area contributed by atoms with Gasteiger partial charge in [-0.2, -0.15) is 0 Å². The molecule has 1 saturated carbocycles. The summed E-state index contributed by atoms with van der Waals surface area (Å²) in [5.41, 5.74) is 1.88. The van der Waals surface area contributed by atoms with Crippen molar-refractivity contribution in [3.8, 4) is 11.5 Å². The number of para-hydroxylation sites is 1. The van der Waals surface area contributed by atoms with Crippen LogP contribution in [0.1, 0.15) is 82.4 Å². The van der Waals surface area contributed by atoms with Crippen molar-refractivity contribution in [2.75, 3.05) is 34.4 Å². The fourth-order valence-corrected chi connectivity index (χ4v) is 6.62. The number of hydrogen-bond acceptors (Lipinski definition) is 6. The van der Waals surface area contributed by atoms with Gasteiger partial charge < -0.3 is 14.4 Å². The molecule has 41 heavy (non-hydrogen) atoms. The molecule has 4 rings (SSSR count). The number of benzene rings is 2. The van der Waals surface area contributed by atoms with Crippen LogP contribution in [0.2, 0.25) is 0 Å². The molecule has 3 N–H and O–H groups in total. The zero-order chi connectivity index (χ0) is 29.7. The molecule has 2 aliphatic rings. The van der Waals surface area contributed by atoms with Crippen molar-refractivity contribution >= 4 is 11.7 Å². The number of nitrogens with zero attached hydrogens (tertiary/aromatic N) is 3. The lowest BCUT2D eigenvalue weighted by Crippen LogP contribution is -2.54. The van der Waals surface area contributed by atoms with E-state index in [9.17, 15) is 10.2 Å². The minimum absolute atomic E-state index is 0.0397. The van der Waals surface area contributed by atoms with Crippen molar-refractivity contribution in [3.05, 3.63) is 59.7 Å². The molecule has 1 saturated heterocycles. The van der Waals surface area contributed by atoms with Crippen molar-refractivity contribution in [3.63, 3.8) is 0 Å². The van der Waals surface area contributed by atoms with E-state index in [-0.39, 0.29) is 24.0 Å². The molecule has 1 atom stereocenters. The summed E-state index contributed by atoms with van der Waals surface area (Å²) in [6.45, 7) is 7.61. The molecule has 0 radical (unpaired) electrons. The van der Waals surface area contributed by atoms with Gasteiger partial charge in [0.2, 0.25) is 5.91 Å². The largest absolute Gasteiger partial charge is 0.493 e. The highest BCUT2D eigenvalue weighted by Gasteiger charge is 2.38. The van der Waals surface area contributed by atoms with E-state index in [1.165, 1.54) is 5.56 Å². The third-order valence-corrected chi connectivity index (χ3v) is 9.00. The predicted octanol–water partition coefficient (Wildman–Crippen LogP) is 5.59. The smallest absolute Gasteiger partial charge is 0.227 e. The first-order chi connectivity index (χ1) is 19.6. The standard InChI is InChI=1S/C33H49N5O3/c1-33(2,3)32(39)36(4)25-15-17-26(18-16-25)38(35)31(34)29(27-13-10-14-28(40-5)30(27)41-6)37-21-19-24(20-22-37)23-11-8-7-9-12-23/h7-14,24-26,29,34H,15-22,35H2,1-6H3. The van der Waals surface area contributed by atoms with Crippen molar-refractivity contribution < 1.29 is 14.3 Å². The number of nitrogens with one attached hydrogen (secondary N) is 1. The first-order valence-corrected chi connectivity index (χ1v) is 15.0. The highest BCUT2D eigenvalue weighted by Crippen LogP contribution is 2.41. The Morgan fingerprint density at radius 2 is 1.54 bits per heavy atom. The average molecular weight is 564 g/mol. The van der Waals surface area contributed by atoms with Gasteiger partial charge in [0.15, 0.2) is 11.5 Å². The molecule has 1 aliphatic heterocycles. The van der Waals surface area contributed by atoms with Crippen LogP contribution in [0.25, 0.3) is 0 Å². The van der Waals surface area contributed by atoms with E-state index in [1.54, 1.807) is 19.2 Å². The molecule has 2 aromatic carbocycles. The Morgan fingerprint density at radius 3 is 2.10 bits per heavy atom. The minimum Gasteiger partial charge on any atom is -0.493 e. The molecule has 0 spiro atoms. The van der Waals surface area contributed by atoms with Crippen LogP contribution < -0.4 is 15.3 Å². The summed E-state index contributed by atoms with van der Waals surface area (Å²) in [7, 11) is 5.22. The van der Waals surface area contributed by atoms with Crippen LogP contribution in [-0.4, -0.2) is 73.0 Å². The summed E-state index contributed by atoms with van der Waals surface area (Å²) in [6.07, 6.45) is 5.46. The fourth-order valence-electron chi connectivity index (χ4n) is 6.62. The summed E-state index contributed by atoms with van der Waals surface area (Å²) < 4.78 is 11.5. The lowest BCUT2D eigenvalue weighted by molar-refractivity contribution is -0.141. The van der Waals surface area contributed by atoms with Gasteiger partial charge in [0, 0.05) is 30.1 Å². The van der Waals surface area contributed by atoms with Crippen LogP contribution in [-0.2, 0) is 4.79 Å². The Labute approximate surface area is 246 Å². The monoisotopic (exact) mass is 563 g/mol. The second-order valence-electron chi connectivity index (χ2n) is 12.6. The molecule has 0 bridgehead atoms. The van der Waals surface area contributed by atoms with Gasteiger partial charge in [-0.05, 0) is 69.2 Å². The normalized spacial score (nSPS) is 21.1. The summed E-state index contributed by atoms with van der Waals surface area (Å²) in [5.74, 6) is 9.14. The van der Waals surface area contributed by atoms with E-state index in [2.05, 4.69) is 35.2 Å². The molecular weight excluding hydrogens is 514 g/mol. The summed E-state index contributed by atoms with van der Waals surface area (Å²) >= 11 is 0. The van der Waals surface area contributed by atoms with Crippen LogP contribution in [0.5, 0.6) is 11.5 Å². The van der Waals surface area contributed by atoms with Gasteiger partial charge >= 0.3 is 0 Å². The van der Waals surface area contributed by atoms with Crippen molar-refractivity contribution in [2.24, 2.45) is 11.3 Å². The zero-order valence-electron chi connectivity index (χ0n) is 25.7. The molecule has 0 aromatic heterocycles. The SMILES string of the molecule is COc1cccc(C(C(=N)N(N)C2CCC(N(C)C(=O)C(C)(C)C)CC2)N2CCC(c3ccccc3)CC2)c1OC. The van der Waals surface area contributed by atoms with Gasteiger partial charge in [0.25, 0.3) is 0 Å². The fraction of sp³-hybridized carbons (Fsp3) is 0.576. The first-order valence-electron chi connectivity index (χ1n) is 15.0. The Hall–Kier alpha value is -3.10. The molecule has 1 amide bonds. The van der Waals surface area contributed by atoms with Gasteiger partial charge in [-0.3, -0.25) is 20.1 Å². The number of amidine groups is 1. The number of amides is 1. The van der Waals surface area contributed by atoms with Crippen LogP contribution in [0.3, 0.4) is 0 Å². The Morgan fingerprint density at radius 1 is 0.927 bits per heavy atom. The number of carbonyl (C=O) groups is 1. The van der Waals surface area contributed by atoms with E-state index in [1.807, 2.05) is 50.9 Å². The highest BCUT2D eigenvalue weighted by atomic mass is 16.5. The van der Waals surface area contributed by atoms with Gasteiger partial charge in [-0.25, -0.2) is 5.84 Å². The maximum absolute atomic E-state index is 12.9. The lowest BCUT2D eigenvalue weighted by Gasteiger charge is -2.44. The van der Waals surface area contributed by atoms with E-state index in [0.29, 0.717) is 23.3 Å². The lowest BCUT2D eigenvalue weighted by atomic mass is 9.86. The van der Waals surface area contributed by atoms with Crippen molar-refractivity contribution in [2.45, 2.75) is 83.3 Å². The number of hydrogen-bond donors (Lipinski definition) is 2. The Kier molecular flexibility index (Phi) is 9.97. The van der Waals surface area contributed by atoms with Crippen LogP contribution in [0.15, 0.2) is 48.5 Å². The van der Waals surface area contributed by atoms with Gasteiger partial charge in [0.05, 0.1) is 20.3 Å². The number of methoxy groups -OCH3 is 2. The maximum atomic E-state index is 12.9. The topological polar surface area (TPSA) is 95.1 Å². The number of carbonyl (C=O) groups excluding carboxylic acids is 1. The van der Waals surface area contributed by atoms with E-state index >= 15 is 0 Å². The van der Waals surface area contributed by atoms with Gasteiger partial charge in [-0.15, -0.1) is 0 Å². The number of rotatable bonds is 8. The summed E-state index contributed by atoms with van der Waals surface area (Å²) in [4.78, 5) is 17.2. The second-order valence-corrected chi connectivity index (χ2v) is 12.6. The quantitative estimate of drug-likeness (QED) is 0.188. The molecular formula is C33H49N5O3. The van der Waals surface area contributed by atoms with Gasteiger partial charge in [-0.1, -0.05) is 63.2 Å². The molecule has 1 heterocycles. The third-order valence-electron chi connectivity index (χ3n) is 9.00. The number of nitrogens with two attached hydrogens (primary N) is 1. The molecule has 1 unspecified atom stereocenters. The van der Waals surface area contributed by atoms with Crippen molar-refractivity contribution in [1.29, 1.82) is 5.41 Å². The number of likely N-dealkylation sites (tertiary alicyclic amines) is 1. The molecule has 8 heteroatoms. The molecule has 1 aliphatic carbocycles. The summed E-state index contributed by atoms with van der Waals surface area (Å²) in [6, 6.07) is 16.5. The van der Waals surface area contributed by atoms with Crippen molar-refractivity contribution in [1.82, 2.24) is 14.8 Å². The predicted molar refractivity (Wildman–Crippen MR) is 164 cm³/mol. The number of piperidine rings is 1. The molecule has 8 nitrogen and oxygen atoms in total. The van der Waals surface area contributed by atoms with Gasteiger partial charge in [0.1, 0.15) is 5.84 Å². The molecule has 2 aromatic rings. The minimum atomic E-state index is -0.398. The number of hydrazine groups is 1. The van der Waals surface area contributed by atoms with E-state index < -0.39 is 5.41 Å². The second kappa shape index (κ2) is 13.3. The highest BCUT2D eigenvalue weighted by molar-refractivity contribution is 5.87.